The lowest BCUT2D eigenvalue weighted by Gasteiger charge is -2.06. The molecule has 0 aliphatic carbocycles. The lowest BCUT2D eigenvalue weighted by Crippen LogP contribution is -2.26. The van der Waals surface area contributed by atoms with Gasteiger partial charge in [-0.3, -0.25) is 9.59 Å². The Hall–Kier alpha value is -2.99. The van der Waals surface area contributed by atoms with E-state index in [4.69, 9.17) is 26.8 Å². The van der Waals surface area contributed by atoms with Gasteiger partial charge in [0, 0.05) is 11.1 Å². The van der Waals surface area contributed by atoms with Crippen molar-refractivity contribution in [2.45, 2.75) is 0 Å². The van der Waals surface area contributed by atoms with Crippen molar-refractivity contribution in [3.63, 3.8) is 0 Å². The minimum absolute atomic E-state index is 0.171. The van der Waals surface area contributed by atoms with E-state index < -0.39 is 5.91 Å². The molecule has 7 heteroatoms. The lowest BCUT2D eigenvalue weighted by atomic mass is 10.2. The molecule has 2 amide bonds. The van der Waals surface area contributed by atoms with Gasteiger partial charge in [-0.05, 0) is 48.0 Å². The first kappa shape index (κ1) is 19.3. The van der Waals surface area contributed by atoms with Gasteiger partial charge in [-0.2, -0.15) is 0 Å². The third-order valence-electron chi connectivity index (χ3n) is 3.17. The number of benzene rings is 2. The highest BCUT2D eigenvalue weighted by Crippen LogP contribution is 2.15. The molecule has 0 bridgehead atoms. The second kappa shape index (κ2) is 10.1. The number of halogens is 1. The van der Waals surface area contributed by atoms with Crippen LogP contribution in [0.15, 0.2) is 54.6 Å². The zero-order valence-corrected chi connectivity index (χ0v) is 14.7. The maximum Gasteiger partial charge on any atom is 0.255 e. The van der Waals surface area contributed by atoms with Crippen molar-refractivity contribution in [2.24, 2.45) is 5.73 Å². The van der Waals surface area contributed by atoms with Gasteiger partial charge >= 0.3 is 0 Å². The first-order valence-corrected chi connectivity index (χ1v) is 8.26. The number of hydrogen-bond donors (Lipinski definition) is 2. The SMILES string of the molecule is NC(=O)COc1ccc(/C=C/C(=O)NCCOc2ccc(Cl)cc2)cc1. The summed E-state index contributed by atoms with van der Waals surface area (Å²) in [6.45, 7) is 0.564. The van der Waals surface area contributed by atoms with Gasteiger partial charge in [0.15, 0.2) is 6.61 Å². The summed E-state index contributed by atoms with van der Waals surface area (Å²) in [5, 5.41) is 3.37. The summed E-state index contributed by atoms with van der Waals surface area (Å²) in [6.07, 6.45) is 3.11. The Balaban J connectivity index is 1.69. The number of nitrogens with two attached hydrogens (primary N) is 1. The molecule has 3 N–H and O–H groups in total. The van der Waals surface area contributed by atoms with Crippen LogP contribution in [0.5, 0.6) is 11.5 Å². The Morgan fingerprint density at radius 3 is 2.27 bits per heavy atom. The van der Waals surface area contributed by atoms with E-state index >= 15 is 0 Å². The first-order valence-electron chi connectivity index (χ1n) is 7.88. The number of carbonyl (C=O) groups excluding carboxylic acids is 2. The van der Waals surface area contributed by atoms with Crippen molar-refractivity contribution in [1.29, 1.82) is 0 Å². The van der Waals surface area contributed by atoms with E-state index in [1.54, 1.807) is 54.6 Å². The van der Waals surface area contributed by atoms with Crippen LogP contribution in [0.25, 0.3) is 6.08 Å². The predicted octanol–water partition coefficient (Wildman–Crippen LogP) is 2.41. The van der Waals surface area contributed by atoms with E-state index in [9.17, 15) is 9.59 Å². The third kappa shape index (κ3) is 7.27. The van der Waals surface area contributed by atoms with Gasteiger partial charge in [0.25, 0.3) is 5.91 Å². The number of ether oxygens (including phenoxy) is 2. The monoisotopic (exact) mass is 374 g/mol. The largest absolute Gasteiger partial charge is 0.492 e. The van der Waals surface area contributed by atoms with Gasteiger partial charge < -0.3 is 20.5 Å². The summed E-state index contributed by atoms with van der Waals surface area (Å²) < 4.78 is 10.6. The minimum atomic E-state index is -0.536. The van der Waals surface area contributed by atoms with E-state index in [2.05, 4.69) is 5.32 Å². The van der Waals surface area contributed by atoms with Crippen LogP contribution in [-0.4, -0.2) is 31.6 Å². The van der Waals surface area contributed by atoms with Crippen LogP contribution in [-0.2, 0) is 9.59 Å². The molecule has 2 rings (SSSR count). The van der Waals surface area contributed by atoms with Crippen LogP contribution in [0, 0.1) is 0 Å². The smallest absolute Gasteiger partial charge is 0.255 e. The molecule has 0 fully saturated rings. The first-order chi connectivity index (χ1) is 12.5. The molecule has 0 aromatic heterocycles. The summed E-state index contributed by atoms with van der Waals surface area (Å²) in [5.41, 5.74) is 5.83. The zero-order valence-electron chi connectivity index (χ0n) is 14.0. The van der Waals surface area contributed by atoms with Crippen molar-refractivity contribution in [3.8, 4) is 11.5 Å². The number of rotatable bonds is 9. The Morgan fingerprint density at radius 2 is 1.62 bits per heavy atom. The summed E-state index contributed by atoms with van der Waals surface area (Å²) in [5.74, 6) is 0.465. The lowest BCUT2D eigenvalue weighted by molar-refractivity contribution is -0.120. The van der Waals surface area contributed by atoms with Gasteiger partial charge in [0.1, 0.15) is 18.1 Å². The molecule has 0 atom stereocenters. The van der Waals surface area contributed by atoms with Crippen molar-refractivity contribution >= 4 is 29.5 Å². The Bertz CT molecular complexity index is 758. The highest BCUT2D eigenvalue weighted by Gasteiger charge is 1.99. The second-order valence-corrected chi connectivity index (χ2v) is 5.69. The van der Waals surface area contributed by atoms with Gasteiger partial charge in [-0.1, -0.05) is 23.7 Å². The quantitative estimate of drug-likeness (QED) is 0.521. The van der Waals surface area contributed by atoms with Crippen molar-refractivity contribution in [2.75, 3.05) is 19.8 Å². The fourth-order valence-electron chi connectivity index (χ4n) is 1.93. The average molecular weight is 375 g/mol. The zero-order chi connectivity index (χ0) is 18.8. The predicted molar refractivity (Wildman–Crippen MR) is 100 cm³/mol. The fraction of sp³-hybridized carbons (Fsp3) is 0.158. The Kier molecular flexibility index (Phi) is 7.51. The highest BCUT2D eigenvalue weighted by molar-refractivity contribution is 6.30. The molecule has 2 aromatic carbocycles. The normalized spacial score (nSPS) is 10.5. The molecule has 0 heterocycles. The number of carbonyl (C=O) groups is 2. The molecule has 0 saturated heterocycles. The molecular formula is C19H19ClN2O4. The molecule has 2 aromatic rings. The van der Waals surface area contributed by atoms with E-state index in [0.717, 1.165) is 5.56 Å². The topological polar surface area (TPSA) is 90.7 Å². The molecule has 0 aliphatic heterocycles. The molecule has 0 aliphatic rings. The van der Waals surface area contributed by atoms with Gasteiger partial charge in [-0.25, -0.2) is 0 Å². The maximum atomic E-state index is 11.8. The maximum absolute atomic E-state index is 11.8. The van der Waals surface area contributed by atoms with Crippen LogP contribution in [0.4, 0.5) is 0 Å². The molecule has 0 saturated carbocycles. The molecular weight excluding hydrogens is 356 g/mol. The number of primary amides is 1. The fourth-order valence-corrected chi connectivity index (χ4v) is 2.06. The summed E-state index contributed by atoms with van der Waals surface area (Å²) in [6, 6.07) is 13.9. The van der Waals surface area contributed by atoms with Gasteiger partial charge in [0.05, 0.1) is 6.54 Å². The van der Waals surface area contributed by atoms with Crippen LogP contribution < -0.4 is 20.5 Å². The van der Waals surface area contributed by atoms with Gasteiger partial charge in [-0.15, -0.1) is 0 Å². The van der Waals surface area contributed by atoms with Crippen LogP contribution in [0.3, 0.4) is 0 Å². The summed E-state index contributed by atoms with van der Waals surface area (Å²) in [4.78, 5) is 22.4. The van der Waals surface area contributed by atoms with Gasteiger partial charge in [0.2, 0.25) is 5.91 Å². The molecule has 136 valence electrons. The average Bonchev–Trinajstić information content (AvgIpc) is 2.64. The van der Waals surface area contributed by atoms with Crippen LogP contribution in [0.1, 0.15) is 5.56 Å². The Morgan fingerprint density at radius 1 is 1.00 bits per heavy atom. The van der Waals surface area contributed by atoms with Crippen molar-refractivity contribution in [3.05, 3.63) is 65.2 Å². The minimum Gasteiger partial charge on any atom is -0.492 e. The Labute approximate surface area is 156 Å². The third-order valence-corrected chi connectivity index (χ3v) is 3.42. The van der Waals surface area contributed by atoms with E-state index in [-0.39, 0.29) is 12.5 Å². The summed E-state index contributed by atoms with van der Waals surface area (Å²) in [7, 11) is 0. The molecule has 26 heavy (non-hydrogen) atoms. The highest BCUT2D eigenvalue weighted by atomic mass is 35.5. The van der Waals surface area contributed by atoms with Crippen molar-refractivity contribution in [1.82, 2.24) is 5.32 Å². The van der Waals surface area contributed by atoms with E-state index in [1.807, 2.05) is 0 Å². The van der Waals surface area contributed by atoms with Crippen LogP contribution in [0.2, 0.25) is 5.02 Å². The standard InChI is InChI=1S/C19H19ClN2O4/c20-15-4-8-16(9-5-15)25-12-11-22-19(24)10-3-14-1-6-17(7-2-14)26-13-18(21)23/h1-10H,11-13H2,(H2,21,23)(H,22,24)/b10-3+. The van der Waals surface area contributed by atoms with E-state index in [0.29, 0.717) is 29.7 Å². The number of hydrogen-bond acceptors (Lipinski definition) is 4. The summed E-state index contributed by atoms with van der Waals surface area (Å²) >= 11 is 5.79. The molecule has 0 radical (unpaired) electrons. The molecule has 6 nitrogen and oxygen atoms in total. The molecule has 0 unspecified atom stereocenters. The van der Waals surface area contributed by atoms with Crippen molar-refractivity contribution < 1.29 is 19.1 Å². The second-order valence-electron chi connectivity index (χ2n) is 5.25. The number of nitrogens with one attached hydrogen (secondary N) is 1. The number of amides is 2. The molecule has 0 spiro atoms. The van der Waals surface area contributed by atoms with E-state index in [1.165, 1.54) is 6.08 Å². The van der Waals surface area contributed by atoms with Crippen LogP contribution >= 0.6 is 11.6 Å².